The van der Waals surface area contributed by atoms with Crippen molar-refractivity contribution in [1.29, 1.82) is 5.26 Å². The van der Waals surface area contributed by atoms with Crippen LogP contribution in [0, 0.1) is 40.4 Å². The second kappa shape index (κ2) is 10.1. The van der Waals surface area contributed by atoms with E-state index in [1.807, 2.05) is 6.07 Å². The summed E-state index contributed by atoms with van der Waals surface area (Å²) in [4.78, 5) is 11.0. The number of nitrogens with zero attached hydrogens (tertiary/aromatic N) is 2. The summed E-state index contributed by atoms with van der Waals surface area (Å²) in [6, 6.07) is 13.8. The Bertz CT molecular complexity index is 1170. The minimum atomic E-state index is -2.31. The number of hydrogen-bond donors (Lipinski definition) is 1. The summed E-state index contributed by atoms with van der Waals surface area (Å²) in [5.41, 5.74) is 0.938. The fourth-order valence-electron chi connectivity index (χ4n) is 3.05. The van der Waals surface area contributed by atoms with Crippen LogP contribution in [0.2, 0.25) is 0 Å². The van der Waals surface area contributed by atoms with Gasteiger partial charge in [0.25, 0.3) is 0 Å². The Hall–Kier alpha value is -3.97. The number of rotatable bonds is 8. The molecule has 1 unspecified atom stereocenters. The number of halogens is 5. The average Bonchev–Trinajstić information content (AvgIpc) is 2.86. The van der Waals surface area contributed by atoms with Crippen molar-refractivity contribution in [3.05, 3.63) is 88.7 Å². The van der Waals surface area contributed by atoms with Gasteiger partial charge >= 0.3 is 0 Å². The molecule has 0 aliphatic rings. The van der Waals surface area contributed by atoms with Gasteiger partial charge in [0.15, 0.2) is 23.3 Å². The maximum atomic E-state index is 14.0. The Morgan fingerprint density at radius 2 is 1.36 bits per heavy atom. The molecule has 1 N–H and O–H groups in total. The van der Waals surface area contributed by atoms with Gasteiger partial charge < -0.3 is 4.74 Å². The minimum Gasteiger partial charge on any atom is -0.491 e. The zero-order valence-electron chi connectivity index (χ0n) is 16.7. The number of benzene rings is 3. The highest BCUT2D eigenvalue weighted by Gasteiger charge is 2.29. The molecule has 3 aromatic rings. The van der Waals surface area contributed by atoms with E-state index in [-0.39, 0.29) is 17.2 Å². The molecule has 0 spiro atoms. The zero-order valence-corrected chi connectivity index (χ0v) is 16.7. The molecule has 0 aromatic heterocycles. The van der Waals surface area contributed by atoms with E-state index >= 15 is 0 Å². The number of amides is 1. The predicted molar refractivity (Wildman–Crippen MR) is 106 cm³/mol. The highest BCUT2D eigenvalue weighted by molar-refractivity contribution is 5.65. The van der Waals surface area contributed by atoms with E-state index in [2.05, 4.69) is 0 Å². The van der Waals surface area contributed by atoms with Gasteiger partial charge in [0.2, 0.25) is 12.2 Å². The van der Waals surface area contributed by atoms with Crippen LogP contribution in [0.3, 0.4) is 0 Å². The first-order chi connectivity index (χ1) is 15.8. The molecule has 0 aliphatic carbocycles. The number of hydroxylamine groups is 2. The van der Waals surface area contributed by atoms with Crippen molar-refractivity contribution < 1.29 is 36.7 Å². The van der Waals surface area contributed by atoms with Crippen molar-refractivity contribution in [3.63, 3.8) is 0 Å². The first kappa shape index (κ1) is 23.7. The third-order valence-corrected chi connectivity index (χ3v) is 4.87. The molecule has 0 aliphatic heterocycles. The zero-order chi connectivity index (χ0) is 24.1. The number of carbonyl (C=O) groups is 1. The van der Waals surface area contributed by atoms with E-state index in [0.717, 1.165) is 11.1 Å². The van der Waals surface area contributed by atoms with Gasteiger partial charge in [0.05, 0.1) is 17.7 Å². The maximum Gasteiger partial charge on any atom is 0.233 e. The standard InChI is InChI=1S/C23H15F5N2O3/c24-19-18(20(25)22(27)23(28)21(19)26)9-16(30(32)12-31)11-33-17-7-5-15(6-8-17)14-3-1-13(10-29)2-4-14/h1-8,12,16,32H,9,11H2. The van der Waals surface area contributed by atoms with Crippen molar-refractivity contribution in [2.24, 2.45) is 0 Å². The van der Waals surface area contributed by atoms with Crippen molar-refractivity contribution >= 4 is 6.41 Å². The Morgan fingerprint density at radius 3 is 1.85 bits per heavy atom. The van der Waals surface area contributed by atoms with E-state index in [9.17, 15) is 32.0 Å². The summed E-state index contributed by atoms with van der Waals surface area (Å²) in [6.45, 7) is -0.509. The SMILES string of the molecule is N#Cc1ccc(-c2ccc(OCC(Cc3c(F)c(F)c(F)c(F)c3F)N(O)C=O)cc2)cc1. The van der Waals surface area contributed by atoms with Gasteiger partial charge in [-0.25, -0.2) is 27.0 Å². The Labute approximate surface area is 184 Å². The average molecular weight is 462 g/mol. The minimum absolute atomic E-state index is 0.0309. The summed E-state index contributed by atoms with van der Waals surface area (Å²) < 4.78 is 73.5. The van der Waals surface area contributed by atoms with Crippen LogP contribution < -0.4 is 4.74 Å². The molecule has 170 valence electrons. The van der Waals surface area contributed by atoms with Crippen LogP contribution in [0.5, 0.6) is 5.75 Å². The third kappa shape index (κ3) is 5.10. The second-order valence-corrected chi connectivity index (χ2v) is 6.92. The lowest BCUT2D eigenvalue weighted by atomic mass is 10.0. The first-order valence-electron chi connectivity index (χ1n) is 9.43. The number of hydrogen-bond acceptors (Lipinski definition) is 4. The molecular formula is C23H15F5N2O3. The number of ether oxygens (including phenoxy) is 1. The quantitative estimate of drug-likeness (QED) is 0.131. The molecule has 0 saturated carbocycles. The lowest BCUT2D eigenvalue weighted by Gasteiger charge is -2.23. The molecule has 10 heteroatoms. The molecule has 0 saturated heterocycles. The molecule has 5 nitrogen and oxygen atoms in total. The molecule has 1 amide bonds. The molecule has 1 atom stereocenters. The van der Waals surface area contributed by atoms with E-state index in [0.29, 0.717) is 5.56 Å². The van der Waals surface area contributed by atoms with Crippen LogP contribution in [-0.2, 0) is 11.2 Å². The van der Waals surface area contributed by atoms with Crippen molar-refractivity contribution in [2.45, 2.75) is 12.5 Å². The molecule has 0 radical (unpaired) electrons. The molecule has 3 aromatic carbocycles. The molecular weight excluding hydrogens is 447 g/mol. The van der Waals surface area contributed by atoms with Gasteiger partial charge in [-0.1, -0.05) is 24.3 Å². The van der Waals surface area contributed by atoms with Crippen LogP contribution >= 0.6 is 0 Å². The highest BCUT2D eigenvalue weighted by atomic mass is 19.2. The largest absolute Gasteiger partial charge is 0.491 e. The van der Waals surface area contributed by atoms with Gasteiger partial charge in [-0.3, -0.25) is 10.0 Å². The lowest BCUT2D eigenvalue weighted by molar-refractivity contribution is -0.162. The summed E-state index contributed by atoms with van der Waals surface area (Å²) in [5.74, 6) is -10.4. The monoisotopic (exact) mass is 462 g/mol. The van der Waals surface area contributed by atoms with Crippen LogP contribution in [0.15, 0.2) is 48.5 Å². The van der Waals surface area contributed by atoms with Crippen LogP contribution in [0.1, 0.15) is 11.1 Å². The third-order valence-electron chi connectivity index (χ3n) is 4.87. The van der Waals surface area contributed by atoms with Crippen LogP contribution in [-0.4, -0.2) is 29.3 Å². The van der Waals surface area contributed by atoms with Crippen molar-refractivity contribution in [1.82, 2.24) is 5.06 Å². The second-order valence-electron chi connectivity index (χ2n) is 6.92. The van der Waals surface area contributed by atoms with Crippen molar-refractivity contribution in [2.75, 3.05) is 6.61 Å². The van der Waals surface area contributed by atoms with Gasteiger partial charge in [-0.05, 0) is 35.4 Å². The topological polar surface area (TPSA) is 73.6 Å². The fourth-order valence-corrected chi connectivity index (χ4v) is 3.05. The smallest absolute Gasteiger partial charge is 0.233 e. The van der Waals surface area contributed by atoms with Gasteiger partial charge in [-0.2, -0.15) is 5.26 Å². The number of carbonyl (C=O) groups excluding carboxylic acids is 1. The predicted octanol–water partition coefficient (Wildman–Crippen LogP) is 4.76. The van der Waals surface area contributed by atoms with Gasteiger partial charge in [-0.15, -0.1) is 0 Å². The Morgan fingerprint density at radius 1 is 0.879 bits per heavy atom. The summed E-state index contributed by atoms with van der Waals surface area (Å²) in [5, 5.41) is 18.6. The summed E-state index contributed by atoms with van der Waals surface area (Å²) in [6.07, 6.45) is -0.974. The van der Waals surface area contributed by atoms with E-state index < -0.39 is 53.7 Å². The van der Waals surface area contributed by atoms with Crippen LogP contribution in [0.25, 0.3) is 11.1 Å². The van der Waals surface area contributed by atoms with Crippen molar-refractivity contribution in [3.8, 4) is 22.9 Å². The first-order valence-corrected chi connectivity index (χ1v) is 9.43. The van der Waals surface area contributed by atoms with Gasteiger partial charge in [0.1, 0.15) is 12.4 Å². The molecule has 0 bridgehead atoms. The molecule has 0 heterocycles. The Kier molecular flexibility index (Phi) is 7.25. The van der Waals surface area contributed by atoms with Crippen LogP contribution in [0.4, 0.5) is 22.0 Å². The molecule has 0 fully saturated rings. The molecule has 33 heavy (non-hydrogen) atoms. The van der Waals surface area contributed by atoms with E-state index in [4.69, 9.17) is 10.00 Å². The van der Waals surface area contributed by atoms with E-state index in [1.165, 1.54) is 0 Å². The Balaban J connectivity index is 1.76. The lowest BCUT2D eigenvalue weighted by Crippen LogP contribution is -2.38. The molecule has 3 rings (SSSR count). The van der Waals surface area contributed by atoms with Gasteiger partial charge in [0, 0.05) is 12.0 Å². The highest BCUT2D eigenvalue weighted by Crippen LogP contribution is 2.26. The summed E-state index contributed by atoms with van der Waals surface area (Å²) in [7, 11) is 0. The number of nitriles is 1. The maximum absolute atomic E-state index is 14.0. The normalized spacial score (nSPS) is 11.5. The van der Waals surface area contributed by atoms with E-state index in [1.54, 1.807) is 48.5 Å². The fraction of sp³-hybridized carbons (Fsp3) is 0.130. The summed E-state index contributed by atoms with van der Waals surface area (Å²) >= 11 is 0.